The van der Waals surface area contributed by atoms with Gasteiger partial charge >= 0.3 is 0 Å². The Labute approximate surface area is 109 Å². The second-order valence-corrected chi connectivity index (χ2v) is 4.89. The van der Waals surface area contributed by atoms with Crippen molar-refractivity contribution < 1.29 is 0 Å². The van der Waals surface area contributed by atoms with Crippen LogP contribution in [0.1, 0.15) is 0 Å². The fraction of sp³-hybridized carbons (Fsp3) is 0.167. The van der Waals surface area contributed by atoms with Gasteiger partial charge < -0.3 is 9.88 Å². The average molecular weight is 263 g/mol. The molecule has 1 heterocycles. The van der Waals surface area contributed by atoms with Gasteiger partial charge in [0.25, 0.3) is 0 Å². The van der Waals surface area contributed by atoms with E-state index >= 15 is 0 Å². The van der Waals surface area contributed by atoms with E-state index in [0.29, 0.717) is 11.7 Å². The van der Waals surface area contributed by atoms with Crippen LogP contribution in [0.3, 0.4) is 0 Å². The van der Waals surface area contributed by atoms with Crippen LogP contribution in [0, 0.1) is 0 Å². The highest BCUT2D eigenvalue weighted by molar-refractivity contribution is 7.80. The van der Waals surface area contributed by atoms with Gasteiger partial charge in [0.1, 0.15) is 0 Å². The molecule has 0 amide bonds. The van der Waals surface area contributed by atoms with Gasteiger partial charge in [0.05, 0.1) is 10.2 Å². The lowest BCUT2D eigenvalue weighted by molar-refractivity contribution is 0.910. The van der Waals surface area contributed by atoms with E-state index in [-0.39, 0.29) is 0 Å². The van der Waals surface area contributed by atoms with E-state index in [0.717, 1.165) is 4.80 Å². The Kier molecular flexibility index (Phi) is 3.71. The number of benzene rings is 1. The number of hydrogen-bond acceptors (Lipinski definition) is 2. The molecule has 1 N–H and O–H groups in total. The molecule has 2 rings (SSSR count). The van der Waals surface area contributed by atoms with E-state index in [1.54, 1.807) is 17.4 Å². The number of aromatic nitrogens is 1. The molecule has 17 heavy (non-hydrogen) atoms. The number of aryl methyl sites for hydroxylation is 1. The minimum atomic E-state index is 0.493. The van der Waals surface area contributed by atoms with Crippen molar-refractivity contribution in [1.82, 2.24) is 9.88 Å². The lowest BCUT2D eigenvalue weighted by Gasteiger charge is -1.98. The van der Waals surface area contributed by atoms with Gasteiger partial charge in [-0.1, -0.05) is 29.5 Å². The number of nitrogens with one attached hydrogen (secondary N) is 1. The van der Waals surface area contributed by atoms with Crippen LogP contribution < -0.4 is 10.1 Å². The average Bonchev–Trinajstić information content (AvgIpc) is 2.64. The first-order valence-electron chi connectivity index (χ1n) is 5.20. The second kappa shape index (κ2) is 5.25. The van der Waals surface area contributed by atoms with E-state index in [1.807, 2.05) is 23.7 Å². The maximum atomic E-state index is 5.13. The Morgan fingerprint density at radius 3 is 3.06 bits per heavy atom. The molecule has 0 aliphatic carbocycles. The SMILES string of the molecule is C=CCNC(=S)/N=c1/sc2ccccc2n1C. The third kappa shape index (κ3) is 2.62. The van der Waals surface area contributed by atoms with Gasteiger partial charge in [-0.05, 0) is 24.4 Å². The maximum absolute atomic E-state index is 5.13. The zero-order valence-corrected chi connectivity index (χ0v) is 11.1. The molecular formula is C12H13N3S2. The van der Waals surface area contributed by atoms with Gasteiger partial charge in [-0.15, -0.1) is 6.58 Å². The summed E-state index contributed by atoms with van der Waals surface area (Å²) >= 11 is 6.76. The number of hydrogen-bond donors (Lipinski definition) is 1. The molecule has 0 spiro atoms. The Balaban J connectivity index is 2.41. The largest absolute Gasteiger partial charge is 0.357 e. The van der Waals surface area contributed by atoms with E-state index in [9.17, 15) is 0 Å². The summed E-state index contributed by atoms with van der Waals surface area (Å²) in [6, 6.07) is 8.20. The monoisotopic (exact) mass is 263 g/mol. The Bertz CT molecular complexity index is 622. The van der Waals surface area contributed by atoms with E-state index in [1.165, 1.54) is 10.2 Å². The number of thiazole rings is 1. The molecule has 0 unspecified atom stereocenters. The molecule has 0 aliphatic rings. The van der Waals surface area contributed by atoms with Crippen LogP contribution in [-0.2, 0) is 7.05 Å². The number of nitrogens with zero attached hydrogens (tertiary/aromatic N) is 2. The number of thiocarbonyl (C=S) groups is 1. The minimum Gasteiger partial charge on any atom is -0.357 e. The van der Waals surface area contributed by atoms with Crippen molar-refractivity contribution >= 4 is 38.9 Å². The molecular weight excluding hydrogens is 250 g/mol. The van der Waals surface area contributed by atoms with Crippen molar-refractivity contribution in [3.05, 3.63) is 41.7 Å². The van der Waals surface area contributed by atoms with Crippen LogP contribution >= 0.6 is 23.6 Å². The van der Waals surface area contributed by atoms with Crippen LogP contribution in [0.15, 0.2) is 41.9 Å². The summed E-state index contributed by atoms with van der Waals surface area (Å²) in [4.78, 5) is 5.28. The van der Waals surface area contributed by atoms with Gasteiger partial charge in [0, 0.05) is 13.6 Å². The Morgan fingerprint density at radius 2 is 2.35 bits per heavy atom. The number of para-hydroxylation sites is 1. The predicted octanol–water partition coefficient (Wildman–Crippen LogP) is 2.20. The highest BCUT2D eigenvalue weighted by atomic mass is 32.1. The molecule has 0 aliphatic heterocycles. The lowest BCUT2D eigenvalue weighted by Crippen LogP contribution is -2.23. The zero-order valence-electron chi connectivity index (χ0n) is 9.51. The van der Waals surface area contributed by atoms with Gasteiger partial charge in [-0.3, -0.25) is 0 Å². The van der Waals surface area contributed by atoms with E-state index in [2.05, 4.69) is 29.0 Å². The summed E-state index contributed by atoms with van der Waals surface area (Å²) in [6.45, 7) is 4.26. The van der Waals surface area contributed by atoms with Crippen LogP contribution in [0.4, 0.5) is 0 Å². The quantitative estimate of drug-likeness (QED) is 0.665. The fourth-order valence-electron chi connectivity index (χ4n) is 1.47. The van der Waals surface area contributed by atoms with E-state index < -0.39 is 0 Å². The van der Waals surface area contributed by atoms with Gasteiger partial charge in [0.15, 0.2) is 9.91 Å². The van der Waals surface area contributed by atoms with Crippen molar-refractivity contribution in [3.63, 3.8) is 0 Å². The van der Waals surface area contributed by atoms with Gasteiger partial charge in [0.2, 0.25) is 0 Å². The van der Waals surface area contributed by atoms with Crippen molar-refractivity contribution in [3.8, 4) is 0 Å². The molecule has 2 aromatic rings. The smallest absolute Gasteiger partial charge is 0.195 e. The fourth-order valence-corrected chi connectivity index (χ4v) is 2.73. The molecule has 0 atom stereocenters. The maximum Gasteiger partial charge on any atom is 0.195 e. The highest BCUT2D eigenvalue weighted by Gasteiger charge is 2.01. The normalized spacial score (nSPS) is 11.7. The summed E-state index contributed by atoms with van der Waals surface area (Å²) in [6.07, 6.45) is 1.76. The summed E-state index contributed by atoms with van der Waals surface area (Å²) in [5.74, 6) is 0. The third-order valence-corrected chi connectivity index (χ3v) is 3.66. The summed E-state index contributed by atoms with van der Waals surface area (Å²) in [5, 5.41) is 3.49. The molecule has 1 aromatic carbocycles. The molecule has 0 fully saturated rings. The summed E-state index contributed by atoms with van der Waals surface area (Å²) in [5.41, 5.74) is 1.17. The number of rotatable bonds is 2. The first-order chi connectivity index (χ1) is 8.22. The topological polar surface area (TPSA) is 29.3 Å². The van der Waals surface area contributed by atoms with Crippen molar-refractivity contribution in [1.29, 1.82) is 0 Å². The molecule has 0 radical (unpaired) electrons. The number of fused-ring (bicyclic) bond motifs is 1. The molecule has 3 nitrogen and oxygen atoms in total. The minimum absolute atomic E-state index is 0.493. The predicted molar refractivity (Wildman–Crippen MR) is 77.2 cm³/mol. The first-order valence-corrected chi connectivity index (χ1v) is 6.43. The van der Waals surface area contributed by atoms with Gasteiger partial charge in [-0.2, -0.15) is 4.99 Å². The van der Waals surface area contributed by atoms with Crippen LogP contribution in [-0.4, -0.2) is 16.2 Å². The molecule has 0 saturated carbocycles. The van der Waals surface area contributed by atoms with Crippen molar-refractivity contribution in [2.45, 2.75) is 0 Å². The Hall–Kier alpha value is -1.46. The Morgan fingerprint density at radius 1 is 1.59 bits per heavy atom. The van der Waals surface area contributed by atoms with Crippen molar-refractivity contribution in [2.24, 2.45) is 12.0 Å². The molecule has 5 heteroatoms. The second-order valence-electron chi connectivity index (χ2n) is 3.50. The summed E-state index contributed by atoms with van der Waals surface area (Å²) < 4.78 is 3.25. The lowest BCUT2D eigenvalue weighted by atomic mass is 10.3. The van der Waals surface area contributed by atoms with Crippen LogP contribution in [0.25, 0.3) is 10.2 Å². The molecule has 1 aromatic heterocycles. The standard InChI is InChI=1S/C12H13N3S2/c1-3-8-13-11(16)14-12-15(2)9-6-4-5-7-10(9)17-12/h3-7H,1,8H2,2H3,(H,13,16)/b14-12+. The molecule has 0 bridgehead atoms. The van der Waals surface area contributed by atoms with Crippen LogP contribution in [0.2, 0.25) is 0 Å². The first kappa shape index (κ1) is 12.0. The zero-order chi connectivity index (χ0) is 12.3. The summed E-state index contributed by atoms with van der Waals surface area (Å²) in [7, 11) is 1.99. The molecule has 88 valence electrons. The third-order valence-electron chi connectivity index (χ3n) is 2.31. The van der Waals surface area contributed by atoms with Gasteiger partial charge in [-0.25, -0.2) is 0 Å². The molecule has 0 saturated heterocycles. The highest BCUT2D eigenvalue weighted by Crippen LogP contribution is 2.14. The van der Waals surface area contributed by atoms with Crippen molar-refractivity contribution in [2.75, 3.05) is 6.54 Å². The van der Waals surface area contributed by atoms with E-state index in [4.69, 9.17) is 12.2 Å². The van der Waals surface area contributed by atoms with Crippen LogP contribution in [0.5, 0.6) is 0 Å².